The highest BCUT2D eigenvalue weighted by molar-refractivity contribution is 7.47. The number of aliphatic hydroxyl groups excluding tert-OH is 1. The molecule has 0 aromatic carbocycles. The molecule has 0 spiro atoms. The molecule has 2 unspecified atom stereocenters. The topological polar surface area (TPSA) is 237 Å². The van der Waals surface area contributed by atoms with Gasteiger partial charge in [0.25, 0.3) is 0 Å². The van der Waals surface area contributed by atoms with Gasteiger partial charge in [0, 0.05) is 25.7 Å². The molecular weight excluding hydrogens is 1290 g/mol. The predicted molar refractivity (Wildman–Crippen MR) is 405 cm³/mol. The second-order valence-electron chi connectivity index (χ2n) is 29.8. The zero-order chi connectivity index (χ0) is 72.8. The van der Waals surface area contributed by atoms with Gasteiger partial charge in [0.2, 0.25) is 0 Å². The van der Waals surface area contributed by atoms with Crippen LogP contribution in [0, 0.1) is 11.8 Å². The summed E-state index contributed by atoms with van der Waals surface area (Å²) in [6.45, 7) is 9.54. The van der Waals surface area contributed by atoms with E-state index in [0.29, 0.717) is 31.6 Å². The third-order valence-electron chi connectivity index (χ3n) is 18.7. The van der Waals surface area contributed by atoms with Crippen LogP contribution in [0.3, 0.4) is 0 Å². The molecule has 0 aromatic heterocycles. The first-order valence-corrected chi connectivity index (χ1v) is 44.5. The molecule has 0 amide bonds. The maximum Gasteiger partial charge on any atom is 0.472 e. The maximum atomic E-state index is 13.1. The molecule has 3 N–H and O–H groups in total. The van der Waals surface area contributed by atoms with E-state index in [4.69, 9.17) is 37.0 Å². The summed E-state index contributed by atoms with van der Waals surface area (Å²) in [4.78, 5) is 72.8. The van der Waals surface area contributed by atoms with Crippen molar-refractivity contribution in [1.82, 2.24) is 0 Å². The second kappa shape index (κ2) is 71.7. The van der Waals surface area contributed by atoms with Gasteiger partial charge in [0.15, 0.2) is 12.2 Å². The van der Waals surface area contributed by atoms with Gasteiger partial charge < -0.3 is 33.8 Å². The maximum absolute atomic E-state index is 13.1. The Morgan fingerprint density at radius 1 is 0.273 bits per heavy atom. The third-order valence-corrected chi connectivity index (χ3v) is 20.6. The van der Waals surface area contributed by atoms with Crippen molar-refractivity contribution in [3.63, 3.8) is 0 Å². The van der Waals surface area contributed by atoms with E-state index >= 15 is 0 Å². The molecule has 0 heterocycles. The number of rotatable bonds is 79. The minimum Gasteiger partial charge on any atom is -0.462 e. The van der Waals surface area contributed by atoms with Crippen LogP contribution in [0.15, 0.2) is 0 Å². The van der Waals surface area contributed by atoms with Crippen molar-refractivity contribution < 1.29 is 80.2 Å². The molecule has 17 nitrogen and oxygen atoms in total. The van der Waals surface area contributed by atoms with Gasteiger partial charge in [-0.2, -0.15) is 0 Å². The van der Waals surface area contributed by atoms with Crippen molar-refractivity contribution in [3.8, 4) is 0 Å². The number of hydrogen-bond donors (Lipinski definition) is 3. The third kappa shape index (κ3) is 74.1. The van der Waals surface area contributed by atoms with E-state index in [1.807, 2.05) is 0 Å². The van der Waals surface area contributed by atoms with Crippen LogP contribution in [0.5, 0.6) is 0 Å². The monoisotopic (exact) mass is 1450 g/mol. The first-order chi connectivity index (χ1) is 47.9. The molecule has 0 saturated carbocycles. The average Bonchev–Trinajstić information content (AvgIpc) is 1.00. The minimum absolute atomic E-state index is 0.102. The van der Waals surface area contributed by atoms with E-state index in [2.05, 4.69) is 41.5 Å². The van der Waals surface area contributed by atoms with Crippen LogP contribution in [0.25, 0.3) is 0 Å². The summed E-state index contributed by atoms with van der Waals surface area (Å²) in [5, 5.41) is 10.6. The van der Waals surface area contributed by atoms with Crippen LogP contribution in [0.1, 0.15) is 420 Å². The Kier molecular flexibility index (Phi) is 70.3. The lowest BCUT2D eigenvalue weighted by molar-refractivity contribution is -0.161. The molecule has 0 rings (SSSR count). The Labute approximate surface area is 607 Å². The van der Waals surface area contributed by atoms with E-state index in [-0.39, 0.29) is 25.7 Å². The number of unbranched alkanes of at least 4 members (excludes halogenated alkanes) is 49. The highest BCUT2D eigenvalue weighted by atomic mass is 31.2. The Bertz CT molecular complexity index is 1910. The Balaban J connectivity index is 5.15. The molecule has 19 heteroatoms. The van der Waals surface area contributed by atoms with Gasteiger partial charge in [0.05, 0.1) is 26.4 Å². The number of carbonyl (C=O) groups excluding carboxylic acids is 4. The summed E-state index contributed by atoms with van der Waals surface area (Å²) >= 11 is 0. The molecule has 0 aliphatic rings. The number of carbonyl (C=O) groups is 4. The standard InChI is InChI=1S/C80H156O17P2/c1-7-9-11-13-15-17-18-19-20-21-22-23-27-30-33-36-40-44-51-57-63-78(83)91-68-75(96-79(84)64-58-52-45-41-37-34-31-28-25-24-26-29-32-35-39-42-48-54-60-72(3)4)70-94-98(86,87)92-66-74(81)67-93-99(88,89)95-71-76(97-80(85)65-59-53-47-46-49-55-61-73(5)6)69-90-77(82)62-56-50-43-38-16-14-12-10-8-2/h72-76,81H,7-71H2,1-6H3,(H,86,87)(H,88,89)/t74-,75-,76-/m1/s1. The SMILES string of the molecule is CCCCCCCCCCCCCCCCCCCCCCC(=O)OC[C@H](COP(=O)(O)OC[C@@H](O)COP(=O)(O)OC[C@@H](COC(=O)CCCCCCCCCCC)OC(=O)CCCCCCCCC(C)C)OC(=O)CCCCCCCCCCCCCCCCCCCCC(C)C. The number of aliphatic hydroxyl groups is 1. The lowest BCUT2D eigenvalue weighted by atomic mass is 10.0. The molecule has 0 aliphatic heterocycles. The highest BCUT2D eigenvalue weighted by Gasteiger charge is 2.30. The second-order valence-corrected chi connectivity index (χ2v) is 32.7. The Morgan fingerprint density at radius 3 is 0.687 bits per heavy atom. The van der Waals surface area contributed by atoms with Crippen LogP contribution in [-0.4, -0.2) is 96.7 Å². The number of phosphoric ester groups is 2. The molecule has 0 aliphatic carbocycles. The summed E-state index contributed by atoms with van der Waals surface area (Å²) < 4.78 is 68.5. The normalized spacial score (nSPS) is 13.9. The van der Waals surface area contributed by atoms with Crippen molar-refractivity contribution in [1.29, 1.82) is 0 Å². The fourth-order valence-corrected chi connectivity index (χ4v) is 13.9. The molecule has 99 heavy (non-hydrogen) atoms. The van der Waals surface area contributed by atoms with Gasteiger partial charge >= 0.3 is 39.5 Å². The van der Waals surface area contributed by atoms with E-state index < -0.39 is 97.5 Å². The average molecular weight is 1450 g/mol. The summed E-state index contributed by atoms with van der Waals surface area (Å²) in [6.07, 6.45) is 61.5. The summed E-state index contributed by atoms with van der Waals surface area (Å²) in [5.74, 6) is -0.628. The largest absolute Gasteiger partial charge is 0.472 e. The van der Waals surface area contributed by atoms with Crippen molar-refractivity contribution in [2.24, 2.45) is 11.8 Å². The number of esters is 4. The quantitative estimate of drug-likeness (QED) is 0.0222. The smallest absolute Gasteiger partial charge is 0.462 e. The van der Waals surface area contributed by atoms with E-state index in [9.17, 15) is 43.2 Å². The van der Waals surface area contributed by atoms with Gasteiger partial charge in [-0.25, -0.2) is 9.13 Å². The van der Waals surface area contributed by atoms with Crippen molar-refractivity contribution in [3.05, 3.63) is 0 Å². The summed E-state index contributed by atoms with van der Waals surface area (Å²) in [5.41, 5.74) is 0. The van der Waals surface area contributed by atoms with Crippen LogP contribution < -0.4 is 0 Å². The van der Waals surface area contributed by atoms with Gasteiger partial charge in [0.1, 0.15) is 19.3 Å². The Morgan fingerprint density at radius 2 is 0.465 bits per heavy atom. The number of phosphoric acid groups is 2. The van der Waals surface area contributed by atoms with E-state index in [1.54, 1.807) is 0 Å². The molecular formula is C80H156O17P2. The molecule has 0 radical (unpaired) electrons. The minimum atomic E-state index is -4.96. The highest BCUT2D eigenvalue weighted by Crippen LogP contribution is 2.45. The zero-order valence-corrected chi connectivity index (χ0v) is 66.6. The van der Waals surface area contributed by atoms with Crippen LogP contribution in [-0.2, 0) is 65.4 Å². The summed E-state index contributed by atoms with van der Waals surface area (Å²) in [7, 11) is -9.91. The van der Waals surface area contributed by atoms with E-state index in [1.165, 1.54) is 238 Å². The molecule has 588 valence electrons. The zero-order valence-electron chi connectivity index (χ0n) is 64.8. The first kappa shape index (κ1) is 97.1. The lowest BCUT2D eigenvalue weighted by Gasteiger charge is -2.21. The van der Waals surface area contributed by atoms with E-state index in [0.717, 1.165) is 95.8 Å². The van der Waals surface area contributed by atoms with Crippen molar-refractivity contribution in [2.45, 2.75) is 439 Å². The van der Waals surface area contributed by atoms with Gasteiger partial charge in [-0.05, 0) is 37.5 Å². The summed E-state index contributed by atoms with van der Waals surface area (Å²) in [6, 6.07) is 0. The first-order valence-electron chi connectivity index (χ1n) is 41.5. The fraction of sp³-hybridized carbons (Fsp3) is 0.950. The number of ether oxygens (including phenoxy) is 4. The fourth-order valence-electron chi connectivity index (χ4n) is 12.4. The van der Waals surface area contributed by atoms with Crippen LogP contribution in [0.4, 0.5) is 0 Å². The van der Waals surface area contributed by atoms with Gasteiger partial charge in [-0.1, -0.05) is 369 Å². The lowest BCUT2D eigenvalue weighted by Crippen LogP contribution is -2.30. The van der Waals surface area contributed by atoms with Crippen LogP contribution >= 0.6 is 15.6 Å². The predicted octanol–water partition coefficient (Wildman–Crippen LogP) is 23.9. The van der Waals surface area contributed by atoms with Crippen molar-refractivity contribution in [2.75, 3.05) is 39.6 Å². The molecule has 0 fully saturated rings. The van der Waals surface area contributed by atoms with Gasteiger partial charge in [-0.3, -0.25) is 37.3 Å². The molecule has 0 aromatic rings. The Hall–Kier alpha value is -1.94. The number of hydrogen-bond acceptors (Lipinski definition) is 15. The van der Waals surface area contributed by atoms with Gasteiger partial charge in [-0.15, -0.1) is 0 Å². The molecule has 5 atom stereocenters. The van der Waals surface area contributed by atoms with Crippen LogP contribution in [0.2, 0.25) is 0 Å². The molecule has 0 bridgehead atoms. The van der Waals surface area contributed by atoms with Crippen molar-refractivity contribution >= 4 is 39.5 Å². The molecule has 0 saturated heterocycles.